The van der Waals surface area contributed by atoms with Crippen molar-refractivity contribution >= 4 is 50.4 Å². The Hall–Kier alpha value is -2.35. The van der Waals surface area contributed by atoms with Crippen LogP contribution in [0, 0.1) is 13.8 Å². The fourth-order valence-electron chi connectivity index (χ4n) is 3.67. The average molecular weight is 444 g/mol. The van der Waals surface area contributed by atoms with Gasteiger partial charge in [0.2, 0.25) is 0 Å². The lowest BCUT2D eigenvalue weighted by atomic mass is 10.1. The molecule has 0 unspecified atom stereocenters. The van der Waals surface area contributed by atoms with Crippen LogP contribution >= 0.6 is 22.9 Å². The van der Waals surface area contributed by atoms with Gasteiger partial charge in [0, 0.05) is 43.8 Å². The van der Waals surface area contributed by atoms with Crippen molar-refractivity contribution in [1.82, 2.24) is 15.6 Å². The van der Waals surface area contributed by atoms with Crippen molar-refractivity contribution in [2.75, 3.05) is 43.4 Å². The second kappa shape index (κ2) is 8.79. The third-order valence-corrected chi connectivity index (χ3v) is 6.96. The third kappa shape index (κ3) is 4.24. The zero-order valence-corrected chi connectivity index (χ0v) is 18.8. The standard InChI is InChI=1S/C22H26ClN5OS/c1-13-11-16-19(24)20(30-22(16)27-14(13)2)21(29)26-6-5-15-3-4-18(17(23)12-15)28-9-7-25-8-10-28/h3-4,11-12,25H,5-10,24H2,1-2H3,(H,26,29). The first-order valence-corrected chi connectivity index (χ1v) is 11.3. The zero-order valence-electron chi connectivity index (χ0n) is 17.2. The van der Waals surface area contributed by atoms with Crippen LogP contribution in [0.5, 0.6) is 0 Å². The number of benzene rings is 1. The lowest BCUT2D eigenvalue weighted by Crippen LogP contribution is -2.43. The van der Waals surface area contributed by atoms with Crippen LogP contribution in [-0.2, 0) is 6.42 Å². The summed E-state index contributed by atoms with van der Waals surface area (Å²) in [6.45, 7) is 8.33. The summed E-state index contributed by atoms with van der Waals surface area (Å²) in [5.41, 5.74) is 10.9. The van der Waals surface area contributed by atoms with Crippen molar-refractivity contribution < 1.29 is 4.79 Å². The molecule has 30 heavy (non-hydrogen) atoms. The predicted octanol–water partition coefficient (Wildman–Crippen LogP) is 3.53. The molecule has 2 aromatic heterocycles. The van der Waals surface area contributed by atoms with E-state index in [-0.39, 0.29) is 5.91 Å². The van der Waals surface area contributed by atoms with Gasteiger partial charge in [-0.15, -0.1) is 11.3 Å². The highest BCUT2D eigenvalue weighted by Gasteiger charge is 2.18. The van der Waals surface area contributed by atoms with Crippen molar-refractivity contribution in [1.29, 1.82) is 0 Å². The first-order valence-electron chi connectivity index (χ1n) is 10.1. The second-order valence-corrected chi connectivity index (χ2v) is 9.02. The highest BCUT2D eigenvalue weighted by molar-refractivity contribution is 7.21. The van der Waals surface area contributed by atoms with Crippen molar-refractivity contribution in [3.63, 3.8) is 0 Å². The SMILES string of the molecule is Cc1cc2c(N)c(C(=O)NCCc3ccc(N4CCNCC4)c(Cl)c3)sc2nc1C. The molecule has 1 fully saturated rings. The zero-order chi connectivity index (χ0) is 21.3. The Balaban J connectivity index is 1.39. The maximum atomic E-state index is 12.7. The molecule has 1 aliphatic rings. The molecule has 0 spiro atoms. The van der Waals surface area contributed by atoms with Gasteiger partial charge in [-0.3, -0.25) is 4.79 Å². The Morgan fingerprint density at radius 1 is 1.30 bits per heavy atom. The van der Waals surface area contributed by atoms with E-state index in [2.05, 4.69) is 32.7 Å². The molecule has 0 atom stereocenters. The molecule has 3 heterocycles. The number of thiophene rings is 1. The summed E-state index contributed by atoms with van der Waals surface area (Å²) in [5.74, 6) is -0.158. The Morgan fingerprint density at radius 2 is 2.07 bits per heavy atom. The van der Waals surface area contributed by atoms with E-state index in [1.54, 1.807) is 0 Å². The van der Waals surface area contributed by atoms with Gasteiger partial charge in [0.25, 0.3) is 5.91 Å². The summed E-state index contributed by atoms with van der Waals surface area (Å²) < 4.78 is 0. The average Bonchev–Trinajstić information content (AvgIpc) is 3.05. The van der Waals surface area contributed by atoms with Gasteiger partial charge in [-0.05, 0) is 49.6 Å². The number of nitrogen functional groups attached to an aromatic ring is 1. The number of carbonyl (C=O) groups excluding carboxylic acids is 1. The van der Waals surface area contributed by atoms with Crippen LogP contribution in [-0.4, -0.2) is 43.6 Å². The predicted molar refractivity (Wildman–Crippen MR) is 126 cm³/mol. The molecule has 158 valence electrons. The molecule has 0 saturated carbocycles. The van der Waals surface area contributed by atoms with E-state index in [0.717, 1.165) is 63.9 Å². The molecule has 1 saturated heterocycles. The molecule has 0 aliphatic carbocycles. The number of nitrogens with one attached hydrogen (secondary N) is 2. The number of piperazine rings is 1. The van der Waals surface area contributed by atoms with Crippen molar-refractivity contribution in [2.24, 2.45) is 0 Å². The highest BCUT2D eigenvalue weighted by atomic mass is 35.5. The van der Waals surface area contributed by atoms with Gasteiger partial charge in [-0.2, -0.15) is 0 Å². The Morgan fingerprint density at radius 3 is 2.80 bits per heavy atom. The van der Waals surface area contributed by atoms with Gasteiger partial charge in [-0.25, -0.2) is 4.98 Å². The normalized spacial score (nSPS) is 14.3. The molecular formula is C22H26ClN5OS. The molecule has 1 aromatic carbocycles. The molecule has 3 aromatic rings. The fourth-order valence-corrected chi connectivity index (χ4v) is 5.03. The molecule has 8 heteroatoms. The number of halogens is 1. The number of hydrogen-bond donors (Lipinski definition) is 3. The molecule has 1 aliphatic heterocycles. The molecule has 0 radical (unpaired) electrons. The van der Waals surface area contributed by atoms with E-state index in [1.165, 1.54) is 11.3 Å². The van der Waals surface area contributed by atoms with Crippen LogP contribution in [0.2, 0.25) is 5.02 Å². The van der Waals surface area contributed by atoms with E-state index < -0.39 is 0 Å². The Kier molecular flexibility index (Phi) is 6.13. The summed E-state index contributed by atoms with van der Waals surface area (Å²) >= 11 is 7.86. The lowest BCUT2D eigenvalue weighted by molar-refractivity contribution is 0.0959. The van der Waals surface area contributed by atoms with E-state index in [1.807, 2.05) is 26.0 Å². The van der Waals surface area contributed by atoms with Crippen molar-refractivity contribution in [2.45, 2.75) is 20.3 Å². The number of carbonyl (C=O) groups is 1. The number of hydrogen-bond acceptors (Lipinski definition) is 6. The summed E-state index contributed by atoms with van der Waals surface area (Å²) in [5, 5.41) is 7.93. The molecule has 4 rings (SSSR count). The Bertz CT molecular complexity index is 1090. The highest BCUT2D eigenvalue weighted by Crippen LogP contribution is 2.33. The molecular weight excluding hydrogens is 418 g/mol. The fraction of sp³-hybridized carbons (Fsp3) is 0.364. The maximum Gasteiger partial charge on any atom is 0.263 e. The number of nitrogens with two attached hydrogens (primary N) is 1. The van der Waals surface area contributed by atoms with E-state index in [0.29, 0.717) is 23.5 Å². The molecule has 1 amide bonds. The van der Waals surface area contributed by atoms with Gasteiger partial charge < -0.3 is 21.3 Å². The van der Waals surface area contributed by atoms with Gasteiger partial charge in [-0.1, -0.05) is 17.7 Å². The van der Waals surface area contributed by atoms with Crippen molar-refractivity contribution in [3.8, 4) is 0 Å². The van der Waals surface area contributed by atoms with Crippen molar-refractivity contribution in [3.05, 3.63) is 51.0 Å². The minimum absolute atomic E-state index is 0.158. The number of nitrogens with zero attached hydrogens (tertiary/aromatic N) is 2. The van der Waals surface area contributed by atoms with Crippen LogP contribution in [0.15, 0.2) is 24.3 Å². The first-order chi connectivity index (χ1) is 14.4. The molecule has 6 nitrogen and oxygen atoms in total. The van der Waals surface area contributed by atoms with Gasteiger partial charge in [0.05, 0.1) is 16.4 Å². The van der Waals surface area contributed by atoms with Crippen LogP contribution in [0.1, 0.15) is 26.5 Å². The maximum absolute atomic E-state index is 12.7. The number of amides is 1. The van der Waals surface area contributed by atoms with Crippen LogP contribution in [0.3, 0.4) is 0 Å². The van der Waals surface area contributed by atoms with E-state index >= 15 is 0 Å². The van der Waals surface area contributed by atoms with E-state index in [9.17, 15) is 4.79 Å². The number of aryl methyl sites for hydroxylation is 2. The number of fused-ring (bicyclic) bond motifs is 1. The second-order valence-electron chi connectivity index (χ2n) is 7.62. The lowest BCUT2D eigenvalue weighted by Gasteiger charge is -2.30. The number of pyridine rings is 1. The number of aromatic nitrogens is 1. The quantitative estimate of drug-likeness (QED) is 0.561. The number of anilines is 2. The summed E-state index contributed by atoms with van der Waals surface area (Å²) in [7, 11) is 0. The van der Waals surface area contributed by atoms with Gasteiger partial charge in [0.1, 0.15) is 9.71 Å². The molecule has 0 bridgehead atoms. The monoisotopic (exact) mass is 443 g/mol. The number of rotatable bonds is 5. The van der Waals surface area contributed by atoms with Crippen LogP contribution in [0.4, 0.5) is 11.4 Å². The first kappa shape index (κ1) is 20.9. The van der Waals surface area contributed by atoms with E-state index in [4.69, 9.17) is 17.3 Å². The summed E-state index contributed by atoms with van der Waals surface area (Å²) in [6, 6.07) is 8.15. The molecule has 4 N–H and O–H groups in total. The van der Waals surface area contributed by atoms with Gasteiger partial charge >= 0.3 is 0 Å². The van der Waals surface area contributed by atoms with Crippen LogP contribution in [0.25, 0.3) is 10.2 Å². The minimum atomic E-state index is -0.158. The largest absolute Gasteiger partial charge is 0.397 e. The topological polar surface area (TPSA) is 83.3 Å². The Labute approximate surface area is 185 Å². The van der Waals surface area contributed by atoms with Crippen LogP contribution < -0.4 is 21.3 Å². The summed E-state index contributed by atoms with van der Waals surface area (Å²) in [6.07, 6.45) is 0.703. The summed E-state index contributed by atoms with van der Waals surface area (Å²) in [4.78, 5) is 20.9. The third-order valence-electron chi connectivity index (χ3n) is 5.54. The van der Waals surface area contributed by atoms with Gasteiger partial charge in [0.15, 0.2) is 0 Å². The smallest absolute Gasteiger partial charge is 0.263 e. The minimum Gasteiger partial charge on any atom is -0.397 e.